The molecular formula is C17H19NO6. The van der Waals surface area contributed by atoms with E-state index in [2.05, 4.69) is 4.74 Å². The largest absolute Gasteiger partial charge is 0.469 e. The SMILES string of the molecule is COC(=O)C(C)C(C(=O)OC)C1CC(=O)N(c2ccccc2)C1=O. The number of nitrogens with zero attached hydrogens (tertiary/aromatic N) is 1. The minimum Gasteiger partial charge on any atom is -0.469 e. The van der Waals surface area contributed by atoms with Crippen LogP contribution in [0.2, 0.25) is 0 Å². The number of anilines is 1. The van der Waals surface area contributed by atoms with Crippen LogP contribution in [0.25, 0.3) is 0 Å². The highest BCUT2D eigenvalue weighted by atomic mass is 16.5. The molecule has 0 bridgehead atoms. The number of para-hydroxylation sites is 1. The standard InChI is InChI=1S/C17H19NO6/c1-10(16(21)23-2)14(17(22)24-3)12-9-13(19)18(15(12)20)11-7-5-4-6-8-11/h4-8,10,12,14H,9H2,1-3H3. The first-order valence-corrected chi connectivity index (χ1v) is 7.49. The van der Waals surface area contributed by atoms with Gasteiger partial charge >= 0.3 is 11.9 Å². The fourth-order valence-electron chi connectivity index (χ4n) is 2.97. The molecule has 1 aromatic rings. The van der Waals surface area contributed by atoms with Crippen LogP contribution in [0.5, 0.6) is 0 Å². The predicted molar refractivity (Wildman–Crippen MR) is 83.7 cm³/mol. The van der Waals surface area contributed by atoms with E-state index in [1.165, 1.54) is 21.1 Å². The van der Waals surface area contributed by atoms with Crippen molar-refractivity contribution in [1.82, 2.24) is 0 Å². The van der Waals surface area contributed by atoms with E-state index < -0.39 is 41.5 Å². The number of carbonyl (C=O) groups is 4. The summed E-state index contributed by atoms with van der Waals surface area (Å²) in [6.07, 6.45) is -0.158. The molecule has 2 rings (SSSR count). The van der Waals surface area contributed by atoms with Gasteiger partial charge in [-0.25, -0.2) is 0 Å². The fourth-order valence-corrected chi connectivity index (χ4v) is 2.97. The molecule has 7 nitrogen and oxygen atoms in total. The molecule has 1 aromatic carbocycles. The first-order valence-electron chi connectivity index (χ1n) is 7.49. The molecule has 1 heterocycles. The molecule has 7 heteroatoms. The summed E-state index contributed by atoms with van der Waals surface area (Å²) < 4.78 is 9.40. The number of carbonyl (C=O) groups excluding carboxylic acids is 4. The van der Waals surface area contributed by atoms with Gasteiger partial charge in [-0.05, 0) is 12.1 Å². The Labute approximate surface area is 139 Å². The predicted octanol–water partition coefficient (Wildman–Crippen LogP) is 1.16. The highest BCUT2D eigenvalue weighted by molar-refractivity contribution is 6.21. The summed E-state index contributed by atoms with van der Waals surface area (Å²) in [6.45, 7) is 1.48. The Kier molecular flexibility index (Phi) is 5.33. The first kappa shape index (κ1) is 17.7. The average Bonchev–Trinajstić information content (AvgIpc) is 2.89. The maximum atomic E-state index is 12.7. The number of hydrogen-bond donors (Lipinski definition) is 0. The highest BCUT2D eigenvalue weighted by Crippen LogP contribution is 2.35. The van der Waals surface area contributed by atoms with Crippen molar-refractivity contribution in [2.75, 3.05) is 19.1 Å². The van der Waals surface area contributed by atoms with Gasteiger partial charge in [-0.15, -0.1) is 0 Å². The van der Waals surface area contributed by atoms with Crippen LogP contribution in [-0.2, 0) is 28.7 Å². The Morgan fingerprint density at radius 3 is 2.21 bits per heavy atom. The van der Waals surface area contributed by atoms with Crippen molar-refractivity contribution < 1.29 is 28.7 Å². The Bertz CT molecular complexity index is 656. The van der Waals surface area contributed by atoms with E-state index in [-0.39, 0.29) is 6.42 Å². The van der Waals surface area contributed by atoms with E-state index >= 15 is 0 Å². The van der Waals surface area contributed by atoms with E-state index in [1.54, 1.807) is 30.3 Å². The van der Waals surface area contributed by atoms with Crippen molar-refractivity contribution in [2.45, 2.75) is 13.3 Å². The van der Waals surface area contributed by atoms with Crippen LogP contribution in [-0.4, -0.2) is 38.0 Å². The van der Waals surface area contributed by atoms with Gasteiger partial charge in [-0.3, -0.25) is 24.1 Å². The maximum absolute atomic E-state index is 12.7. The molecule has 0 spiro atoms. The average molecular weight is 333 g/mol. The summed E-state index contributed by atoms with van der Waals surface area (Å²) >= 11 is 0. The normalized spacial score (nSPS) is 19.8. The van der Waals surface area contributed by atoms with Crippen LogP contribution >= 0.6 is 0 Å². The number of amides is 2. The Balaban J connectivity index is 2.35. The number of imide groups is 1. The Morgan fingerprint density at radius 1 is 1.08 bits per heavy atom. The summed E-state index contributed by atoms with van der Waals surface area (Å²) in [4.78, 5) is 50.1. The van der Waals surface area contributed by atoms with Crippen molar-refractivity contribution >= 4 is 29.4 Å². The van der Waals surface area contributed by atoms with Crippen molar-refractivity contribution in [3.8, 4) is 0 Å². The third-order valence-electron chi connectivity index (χ3n) is 4.21. The zero-order chi connectivity index (χ0) is 17.9. The summed E-state index contributed by atoms with van der Waals surface area (Å²) in [5.74, 6) is -5.22. The van der Waals surface area contributed by atoms with Gasteiger partial charge in [0.15, 0.2) is 0 Å². The zero-order valence-electron chi connectivity index (χ0n) is 13.7. The summed E-state index contributed by atoms with van der Waals surface area (Å²) in [5.41, 5.74) is 0.435. The number of hydrogen-bond acceptors (Lipinski definition) is 6. The van der Waals surface area contributed by atoms with Crippen molar-refractivity contribution in [3.63, 3.8) is 0 Å². The summed E-state index contributed by atoms with van der Waals surface area (Å²) in [5, 5.41) is 0. The molecule has 1 aliphatic heterocycles. The lowest BCUT2D eigenvalue weighted by atomic mass is 9.81. The second-order valence-electron chi connectivity index (χ2n) is 5.57. The molecule has 0 N–H and O–H groups in total. The lowest BCUT2D eigenvalue weighted by Gasteiger charge is -2.24. The molecule has 0 radical (unpaired) electrons. The van der Waals surface area contributed by atoms with E-state index in [0.717, 1.165) is 4.90 Å². The van der Waals surface area contributed by atoms with E-state index in [9.17, 15) is 19.2 Å². The van der Waals surface area contributed by atoms with Crippen molar-refractivity contribution in [1.29, 1.82) is 0 Å². The Hall–Kier alpha value is -2.70. The van der Waals surface area contributed by atoms with Crippen LogP contribution in [0.4, 0.5) is 5.69 Å². The Morgan fingerprint density at radius 2 is 1.67 bits per heavy atom. The van der Waals surface area contributed by atoms with Gasteiger partial charge < -0.3 is 9.47 Å². The van der Waals surface area contributed by atoms with Gasteiger partial charge in [0.05, 0.1) is 37.7 Å². The third-order valence-corrected chi connectivity index (χ3v) is 4.21. The van der Waals surface area contributed by atoms with Crippen LogP contribution in [0, 0.1) is 17.8 Å². The second-order valence-corrected chi connectivity index (χ2v) is 5.57. The first-order chi connectivity index (χ1) is 11.4. The smallest absolute Gasteiger partial charge is 0.310 e. The lowest BCUT2D eigenvalue weighted by Crippen LogP contribution is -2.39. The van der Waals surface area contributed by atoms with E-state index in [0.29, 0.717) is 5.69 Å². The number of methoxy groups -OCH3 is 2. The topological polar surface area (TPSA) is 90.0 Å². The molecule has 2 amide bonds. The molecule has 0 saturated carbocycles. The van der Waals surface area contributed by atoms with E-state index in [1.807, 2.05) is 0 Å². The molecule has 1 saturated heterocycles. The van der Waals surface area contributed by atoms with Gasteiger partial charge in [-0.1, -0.05) is 25.1 Å². The molecule has 3 unspecified atom stereocenters. The van der Waals surface area contributed by atoms with Gasteiger partial charge in [0, 0.05) is 6.42 Å². The number of ether oxygens (including phenoxy) is 2. The summed E-state index contributed by atoms with van der Waals surface area (Å²) in [6, 6.07) is 8.45. The van der Waals surface area contributed by atoms with Crippen molar-refractivity contribution in [2.24, 2.45) is 17.8 Å². The second kappa shape index (κ2) is 7.25. The van der Waals surface area contributed by atoms with Gasteiger partial charge in [0.1, 0.15) is 0 Å². The minimum atomic E-state index is -1.08. The van der Waals surface area contributed by atoms with Crippen LogP contribution in [0.1, 0.15) is 13.3 Å². The van der Waals surface area contributed by atoms with Gasteiger partial charge in [0.2, 0.25) is 11.8 Å². The molecule has 24 heavy (non-hydrogen) atoms. The zero-order valence-corrected chi connectivity index (χ0v) is 13.7. The minimum absolute atomic E-state index is 0.158. The quantitative estimate of drug-likeness (QED) is 0.593. The van der Waals surface area contributed by atoms with Crippen molar-refractivity contribution in [3.05, 3.63) is 30.3 Å². The van der Waals surface area contributed by atoms with Crippen LogP contribution in [0.3, 0.4) is 0 Å². The molecule has 0 aromatic heterocycles. The number of rotatable bonds is 5. The molecule has 0 aliphatic carbocycles. The number of esters is 2. The molecular weight excluding hydrogens is 314 g/mol. The molecule has 1 fully saturated rings. The van der Waals surface area contributed by atoms with Crippen LogP contribution < -0.4 is 4.90 Å². The monoisotopic (exact) mass is 333 g/mol. The highest BCUT2D eigenvalue weighted by Gasteiger charge is 2.50. The fraction of sp³-hybridized carbons (Fsp3) is 0.412. The van der Waals surface area contributed by atoms with E-state index in [4.69, 9.17) is 4.74 Å². The molecule has 3 atom stereocenters. The van der Waals surface area contributed by atoms with Gasteiger partial charge in [-0.2, -0.15) is 0 Å². The lowest BCUT2D eigenvalue weighted by molar-refractivity contribution is -0.160. The molecule has 1 aliphatic rings. The summed E-state index contributed by atoms with van der Waals surface area (Å²) in [7, 11) is 2.38. The maximum Gasteiger partial charge on any atom is 0.310 e. The van der Waals surface area contributed by atoms with Crippen LogP contribution in [0.15, 0.2) is 30.3 Å². The number of benzene rings is 1. The third kappa shape index (κ3) is 3.15. The molecule has 128 valence electrons. The van der Waals surface area contributed by atoms with Gasteiger partial charge in [0.25, 0.3) is 0 Å².